The Morgan fingerprint density at radius 2 is 1.75 bits per heavy atom. The molecule has 0 radical (unpaired) electrons. The highest BCUT2D eigenvalue weighted by Gasteiger charge is 2.13. The average molecular weight is 302 g/mol. The maximum atomic E-state index is 13.6. The van der Waals surface area contributed by atoms with Gasteiger partial charge in [0.05, 0.1) is 0 Å². The van der Waals surface area contributed by atoms with Crippen LogP contribution in [-0.2, 0) is 0 Å². The Kier molecular flexibility index (Phi) is 4.49. The third kappa shape index (κ3) is 3.22. The van der Waals surface area contributed by atoms with Crippen molar-refractivity contribution in [3.05, 3.63) is 47.5 Å². The fourth-order valence-electron chi connectivity index (χ4n) is 1.46. The minimum atomic E-state index is -1.04. The first-order chi connectivity index (χ1) is 9.51. The van der Waals surface area contributed by atoms with Crippen LogP contribution in [0.4, 0.5) is 23.4 Å². The van der Waals surface area contributed by atoms with Crippen molar-refractivity contribution in [2.24, 2.45) is 0 Å². The zero-order valence-electron chi connectivity index (χ0n) is 10.4. The molecule has 0 aliphatic heterocycles. The van der Waals surface area contributed by atoms with Gasteiger partial charge in [-0.3, -0.25) is 0 Å². The fourth-order valence-corrected chi connectivity index (χ4v) is 2.28. The number of nitrogens with zero attached hydrogens (tertiary/aromatic N) is 1. The molecule has 106 valence electrons. The van der Waals surface area contributed by atoms with Gasteiger partial charge in [-0.1, -0.05) is 11.8 Å². The highest BCUT2D eigenvalue weighted by atomic mass is 32.2. The van der Waals surface area contributed by atoms with Crippen molar-refractivity contribution >= 4 is 17.6 Å². The molecule has 0 bridgehead atoms. The molecule has 2 aromatic rings. The Labute approximate surface area is 117 Å². The third-order valence-corrected chi connectivity index (χ3v) is 3.32. The van der Waals surface area contributed by atoms with Gasteiger partial charge in [-0.25, -0.2) is 22.5 Å². The summed E-state index contributed by atoms with van der Waals surface area (Å²) in [6.45, 7) is 2.16. The number of benzene rings is 1. The van der Waals surface area contributed by atoms with E-state index in [-0.39, 0.29) is 15.7 Å². The van der Waals surface area contributed by atoms with Crippen molar-refractivity contribution in [3.8, 4) is 0 Å². The van der Waals surface area contributed by atoms with Gasteiger partial charge in [0.25, 0.3) is 0 Å². The Hall–Kier alpha value is -1.76. The minimum absolute atomic E-state index is 0.0843. The second-order valence-corrected chi connectivity index (χ2v) is 4.88. The molecule has 0 unspecified atom stereocenters. The topological polar surface area (TPSA) is 24.9 Å². The van der Waals surface area contributed by atoms with Crippen LogP contribution in [0, 0.1) is 23.3 Å². The monoisotopic (exact) mass is 302 g/mol. The summed E-state index contributed by atoms with van der Waals surface area (Å²) in [5.41, 5.74) is 0. The lowest BCUT2D eigenvalue weighted by Crippen LogP contribution is -2.04. The van der Waals surface area contributed by atoms with E-state index in [4.69, 9.17) is 0 Å². The number of halogens is 4. The summed E-state index contributed by atoms with van der Waals surface area (Å²) >= 11 is 0.786. The van der Waals surface area contributed by atoms with Gasteiger partial charge >= 0.3 is 0 Å². The van der Waals surface area contributed by atoms with E-state index in [1.54, 1.807) is 6.92 Å². The smallest absolute Gasteiger partial charge is 0.168 e. The van der Waals surface area contributed by atoms with Crippen molar-refractivity contribution in [1.82, 2.24) is 4.98 Å². The molecule has 2 rings (SSSR count). The molecule has 0 spiro atoms. The van der Waals surface area contributed by atoms with Gasteiger partial charge in [-0.2, -0.15) is 0 Å². The number of pyridine rings is 1. The van der Waals surface area contributed by atoms with Crippen LogP contribution in [0.25, 0.3) is 0 Å². The largest absolute Gasteiger partial charge is 0.368 e. The number of aromatic nitrogens is 1. The molecule has 0 fully saturated rings. The fraction of sp³-hybridized carbons (Fsp3) is 0.154. The van der Waals surface area contributed by atoms with E-state index in [0.717, 1.165) is 23.9 Å². The van der Waals surface area contributed by atoms with Gasteiger partial charge in [0.2, 0.25) is 0 Å². The highest BCUT2D eigenvalue weighted by molar-refractivity contribution is 7.99. The molecule has 1 aromatic carbocycles. The predicted octanol–water partition coefficient (Wildman–Crippen LogP) is 4.22. The molecule has 0 saturated carbocycles. The number of rotatable bonds is 4. The van der Waals surface area contributed by atoms with Crippen LogP contribution < -0.4 is 5.32 Å². The second-order valence-electron chi connectivity index (χ2n) is 3.81. The van der Waals surface area contributed by atoms with E-state index in [2.05, 4.69) is 10.3 Å². The van der Waals surface area contributed by atoms with Crippen LogP contribution in [0.2, 0.25) is 0 Å². The molecule has 1 aromatic heterocycles. The van der Waals surface area contributed by atoms with Crippen molar-refractivity contribution < 1.29 is 17.6 Å². The predicted molar refractivity (Wildman–Crippen MR) is 68.8 cm³/mol. The number of hydrogen-bond donors (Lipinski definition) is 1. The average Bonchev–Trinajstić information content (AvgIpc) is 2.39. The molecule has 0 saturated heterocycles. The van der Waals surface area contributed by atoms with Crippen LogP contribution >= 0.6 is 11.8 Å². The van der Waals surface area contributed by atoms with E-state index in [9.17, 15) is 17.6 Å². The highest BCUT2D eigenvalue weighted by Crippen LogP contribution is 2.31. The van der Waals surface area contributed by atoms with Crippen LogP contribution in [0.1, 0.15) is 6.92 Å². The number of hydrogen-bond acceptors (Lipinski definition) is 3. The molecular formula is C13H10F4N2S. The maximum Gasteiger partial charge on any atom is 0.168 e. The molecule has 1 heterocycles. The molecule has 7 heteroatoms. The quantitative estimate of drug-likeness (QED) is 0.856. The van der Waals surface area contributed by atoms with E-state index >= 15 is 0 Å². The van der Waals surface area contributed by atoms with Gasteiger partial charge in [0.1, 0.15) is 5.03 Å². The van der Waals surface area contributed by atoms with E-state index in [1.807, 2.05) is 0 Å². The molecule has 2 nitrogen and oxygen atoms in total. The van der Waals surface area contributed by atoms with E-state index in [1.165, 1.54) is 6.07 Å². The van der Waals surface area contributed by atoms with Crippen molar-refractivity contribution in [2.45, 2.75) is 16.8 Å². The van der Waals surface area contributed by atoms with Gasteiger partial charge < -0.3 is 5.32 Å². The Balaban J connectivity index is 2.32. The van der Waals surface area contributed by atoms with Crippen LogP contribution in [0.5, 0.6) is 0 Å². The van der Waals surface area contributed by atoms with Gasteiger partial charge in [0, 0.05) is 17.5 Å². The van der Waals surface area contributed by atoms with Gasteiger partial charge in [-0.15, -0.1) is 0 Å². The molecule has 0 amide bonds. The van der Waals surface area contributed by atoms with E-state index < -0.39 is 23.3 Å². The zero-order chi connectivity index (χ0) is 14.7. The number of nitrogens with one attached hydrogen (secondary N) is 1. The third-order valence-electron chi connectivity index (χ3n) is 2.35. The lowest BCUT2D eigenvalue weighted by atomic mass is 10.3. The molecule has 0 aliphatic rings. The molecule has 1 N–H and O–H groups in total. The van der Waals surface area contributed by atoms with Gasteiger partial charge in [-0.05, 0) is 25.1 Å². The van der Waals surface area contributed by atoms with Crippen molar-refractivity contribution in [1.29, 1.82) is 0 Å². The summed E-state index contributed by atoms with van der Waals surface area (Å²) < 4.78 is 52.9. The normalized spacial score (nSPS) is 10.7. The molecule has 20 heavy (non-hydrogen) atoms. The van der Waals surface area contributed by atoms with Crippen LogP contribution in [0.15, 0.2) is 34.2 Å². The summed E-state index contributed by atoms with van der Waals surface area (Å²) in [6, 6.07) is 3.86. The van der Waals surface area contributed by atoms with E-state index in [0.29, 0.717) is 12.6 Å². The molecule has 0 aliphatic carbocycles. The standard InChI is InChI=1S/C13H10F4N2S/c1-2-18-12-10(16)6-11(17)13(19-12)20-7-3-4-8(14)9(15)5-7/h3-6H,2H2,1H3,(H,18,19). The van der Waals surface area contributed by atoms with Crippen molar-refractivity contribution in [3.63, 3.8) is 0 Å². The lowest BCUT2D eigenvalue weighted by Gasteiger charge is -2.08. The second kappa shape index (κ2) is 6.13. The minimum Gasteiger partial charge on any atom is -0.368 e. The molecular weight excluding hydrogens is 292 g/mol. The maximum absolute atomic E-state index is 13.6. The Morgan fingerprint density at radius 1 is 1.00 bits per heavy atom. The Morgan fingerprint density at radius 3 is 2.40 bits per heavy atom. The Bertz CT molecular complexity index is 634. The first-order valence-corrected chi connectivity index (χ1v) is 6.55. The first kappa shape index (κ1) is 14.6. The molecule has 0 atom stereocenters. The zero-order valence-corrected chi connectivity index (χ0v) is 11.2. The summed E-state index contributed by atoms with van der Waals surface area (Å²) in [6.07, 6.45) is 0. The number of anilines is 1. The summed E-state index contributed by atoms with van der Waals surface area (Å²) in [5, 5.41) is 2.53. The van der Waals surface area contributed by atoms with Crippen LogP contribution in [-0.4, -0.2) is 11.5 Å². The SMILES string of the molecule is CCNc1nc(Sc2ccc(F)c(F)c2)c(F)cc1F. The van der Waals surface area contributed by atoms with Crippen molar-refractivity contribution in [2.75, 3.05) is 11.9 Å². The summed E-state index contributed by atoms with van der Waals surface area (Å²) in [5.74, 6) is -3.78. The summed E-state index contributed by atoms with van der Waals surface area (Å²) in [7, 11) is 0. The lowest BCUT2D eigenvalue weighted by molar-refractivity contribution is 0.506. The first-order valence-electron chi connectivity index (χ1n) is 5.74. The van der Waals surface area contributed by atoms with Crippen LogP contribution in [0.3, 0.4) is 0 Å². The van der Waals surface area contributed by atoms with Gasteiger partial charge in [0.15, 0.2) is 29.1 Å². The summed E-state index contributed by atoms with van der Waals surface area (Å²) in [4.78, 5) is 4.06.